The first-order valence-electron chi connectivity index (χ1n) is 9.53. The number of fused-ring (bicyclic) bond motifs is 3. The van der Waals surface area contributed by atoms with Gasteiger partial charge in [0.15, 0.2) is 9.84 Å². The quantitative estimate of drug-likeness (QED) is 0.599. The maximum atomic E-state index is 11.8. The number of esters is 1. The molecule has 8 nitrogen and oxygen atoms in total. The lowest BCUT2D eigenvalue weighted by molar-refractivity contribution is 0.0564. The Bertz CT molecular complexity index is 1190. The molecule has 4 rings (SSSR count). The third-order valence-electron chi connectivity index (χ3n) is 5.15. The minimum Gasteiger partial charge on any atom is -0.465 e. The van der Waals surface area contributed by atoms with Crippen LogP contribution in [0.1, 0.15) is 27.8 Å². The van der Waals surface area contributed by atoms with E-state index in [9.17, 15) is 13.2 Å². The fraction of sp³-hybridized carbons (Fsp3) is 0.333. The fourth-order valence-corrected chi connectivity index (χ4v) is 4.28. The van der Waals surface area contributed by atoms with E-state index in [1.807, 2.05) is 18.2 Å². The van der Waals surface area contributed by atoms with Gasteiger partial charge in [-0.2, -0.15) is 0 Å². The number of nitrogens with one attached hydrogen (secondary N) is 1. The number of sulfone groups is 1. The average Bonchev–Trinajstić information content (AvgIpc) is 3.11. The summed E-state index contributed by atoms with van der Waals surface area (Å²) in [6, 6.07) is 12.3. The van der Waals surface area contributed by atoms with E-state index >= 15 is 0 Å². The van der Waals surface area contributed by atoms with Crippen molar-refractivity contribution in [3.63, 3.8) is 0 Å². The zero-order valence-corrected chi connectivity index (χ0v) is 17.6. The lowest BCUT2D eigenvalue weighted by Crippen LogP contribution is -2.32. The summed E-state index contributed by atoms with van der Waals surface area (Å²) in [4.78, 5) is 16.7. The second kappa shape index (κ2) is 8.17. The number of nitrogens with zero attached hydrogens (tertiary/aromatic N) is 2. The average molecular weight is 429 g/mol. The van der Waals surface area contributed by atoms with Crippen LogP contribution in [0.5, 0.6) is 0 Å². The van der Waals surface area contributed by atoms with Crippen molar-refractivity contribution in [2.24, 2.45) is 0 Å². The maximum Gasteiger partial charge on any atom is 0.337 e. The second-order valence-corrected chi connectivity index (χ2v) is 9.32. The summed E-state index contributed by atoms with van der Waals surface area (Å²) in [5.74, 6) is 0.432. The van der Waals surface area contributed by atoms with Gasteiger partial charge in [0.25, 0.3) is 0 Å². The molecule has 0 aliphatic carbocycles. The zero-order chi connectivity index (χ0) is 21.3. The minimum atomic E-state index is -3.19. The Balaban J connectivity index is 1.48. The fourth-order valence-electron chi connectivity index (χ4n) is 3.65. The predicted octanol–water partition coefficient (Wildman–Crippen LogP) is 2.09. The first-order chi connectivity index (χ1) is 14.4. The van der Waals surface area contributed by atoms with Gasteiger partial charge in [-0.15, -0.1) is 0 Å². The van der Waals surface area contributed by atoms with E-state index in [0.717, 1.165) is 22.4 Å². The monoisotopic (exact) mass is 429 g/mol. The number of carbonyl (C=O) groups excluding carboxylic acids is 1. The summed E-state index contributed by atoms with van der Waals surface area (Å²) in [5, 5.41) is 3.41. The molecule has 1 aromatic heterocycles. The molecule has 0 amide bonds. The molecule has 0 spiro atoms. The Kier molecular flexibility index (Phi) is 5.59. The van der Waals surface area contributed by atoms with Gasteiger partial charge < -0.3 is 19.4 Å². The number of rotatable bonds is 6. The van der Waals surface area contributed by atoms with Crippen LogP contribution >= 0.6 is 0 Å². The molecule has 0 saturated heterocycles. The number of hydrogen-bond donors (Lipinski definition) is 1. The van der Waals surface area contributed by atoms with Crippen molar-refractivity contribution in [2.75, 3.05) is 26.5 Å². The van der Waals surface area contributed by atoms with Crippen LogP contribution in [-0.4, -0.2) is 50.5 Å². The van der Waals surface area contributed by atoms with Crippen LogP contribution in [0.4, 0.5) is 0 Å². The van der Waals surface area contributed by atoms with Gasteiger partial charge in [-0.05, 0) is 35.9 Å². The summed E-state index contributed by atoms with van der Waals surface area (Å²) in [6.07, 6.45) is 1.20. The van der Waals surface area contributed by atoms with Gasteiger partial charge in [-0.3, -0.25) is 0 Å². The highest BCUT2D eigenvalue weighted by Gasteiger charge is 2.24. The molecular weight excluding hydrogens is 406 g/mol. The van der Waals surface area contributed by atoms with Gasteiger partial charge in [0, 0.05) is 19.3 Å². The third-order valence-corrected chi connectivity index (χ3v) is 6.28. The van der Waals surface area contributed by atoms with E-state index in [0.29, 0.717) is 36.8 Å². The van der Waals surface area contributed by atoms with Crippen LogP contribution in [0.25, 0.3) is 11.0 Å². The summed E-state index contributed by atoms with van der Waals surface area (Å²) in [7, 11) is -1.84. The summed E-state index contributed by atoms with van der Waals surface area (Å²) in [6.45, 7) is 2.24. The molecule has 0 fully saturated rings. The van der Waals surface area contributed by atoms with E-state index in [1.54, 1.807) is 24.3 Å². The maximum absolute atomic E-state index is 11.8. The van der Waals surface area contributed by atoms with Crippen molar-refractivity contribution < 1.29 is 22.7 Å². The van der Waals surface area contributed by atoms with Crippen molar-refractivity contribution in [3.05, 3.63) is 59.4 Å². The molecule has 2 heterocycles. The van der Waals surface area contributed by atoms with E-state index in [4.69, 9.17) is 9.47 Å². The molecule has 1 aliphatic rings. The van der Waals surface area contributed by atoms with Crippen LogP contribution in [0.15, 0.2) is 47.4 Å². The standard InChI is InChI=1S/C21H23N3O5S/c1-28-21(25)15-5-8-19-18(9-15)23-20-13-29-12-16(24(19)20)11-22-10-14-3-6-17(7-4-14)30(2,26)27/h3-9,16,22H,10-13H2,1-2H3. The largest absolute Gasteiger partial charge is 0.465 e. The van der Waals surface area contributed by atoms with E-state index in [1.165, 1.54) is 13.4 Å². The molecule has 30 heavy (non-hydrogen) atoms. The molecule has 0 saturated carbocycles. The van der Waals surface area contributed by atoms with Crippen LogP contribution < -0.4 is 5.32 Å². The van der Waals surface area contributed by atoms with Crippen LogP contribution in [0.2, 0.25) is 0 Å². The van der Waals surface area contributed by atoms with E-state index in [2.05, 4.69) is 14.9 Å². The first kappa shape index (κ1) is 20.5. The van der Waals surface area contributed by atoms with Gasteiger partial charge in [-0.25, -0.2) is 18.2 Å². The van der Waals surface area contributed by atoms with Crippen LogP contribution in [0.3, 0.4) is 0 Å². The molecular formula is C21H23N3O5S. The smallest absolute Gasteiger partial charge is 0.337 e. The lowest BCUT2D eigenvalue weighted by atomic mass is 10.2. The van der Waals surface area contributed by atoms with Gasteiger partial charge in [0.05, 0.1) is 41.3 Å². The number of aromatic nitrogens is 2. The highest BCUT2D eigenvalue weighted by atomic mass is 32.2. The molecule has 2 aromatic carbocycles. The Morgan fingerprint density at radius 3 is 2.73 bits per heavy atom. The number of hydrogen-bond acceptors (Lipinski definition) is 7. The van der Waals surface area contributed by atoms with Gasteiger partial charge in [-0.1, -0.05) is 12.1 Å². The molecule has 9 heteroatoms. The van der Waals surface area contributed by atoms with Crippen molar-refractivity contribution in [2.45, 2.75) is 24.1 Å². The number of benzene rings is 2. The number of methoxy groups -OCH3 is 1. The Morgan fingerprint density at radius 2 is 2.03 bits per heavy atom. The summed E-state index contributed by atoms with van der Waals surface area (Å²) in [5.41, 5.74) is 3.15. The molecule has 0 radical (unpaired) electrons. The SMILES string of the molecule is COC(=O)c1ccc2c(c1)nc1n2C(CNCc2ccc(S(C)(=O)=O)cc2)COC1. The van der Waals surface area contributed by atoms with E-state index in [-0.39, 0.29) is 12.0 Å². The van der Waals surface area contributed by atoms with Gasteiger partial charge >= 0.3 is 5.97 Å². The molecule has 0 bridgehead atoms. The molecule has 1 atom stereocenters. The molecule has 1 unspecified atom stereocenters. The Morgan fingerprint density at radius 1 is 1.27 bits per heavy atom. The van der Waals surface area contributed by atoms with Crippen molar-refractivity contribution in [1.82, 2.24) is 14.9 Å². The van der Waals surface area contributed by atoms with Crippen molar-refractivity contribution in [3.8, 4) is 0 Å². The highest BCUT2D eigenvalue weighted by Crippen LogP contribution is 2.26. The summed E-state index contributed by atoms with van der Waals surface area (Å²) >= 11 is 0. The summed E-state index contributed by atoms with van der Waals surface area (Å²) < 4.78 is 35.8. The van der Waals surface area contributed by atoms with Crippen molar-refractivity contribution >= 4 is 26.8 Å². The number of ether oxygens (including phenoxy) is 2. The molecule has 3 aromatic rings. The van der Waals surface area contributed by atoms with Crippen molar-refractivity contribution in [1.29, 1.82) is 0 Å². The zero-order valence-electron chi connectivity index (χ0n) is 16.8. The predicted molar refractivity (Wildman–Crippen MR) is 111 cm³/mol. The third kappa shape index (κ3) is 4.09. The van der Waals surface area contributed by atoms with Crippen LogP contribution in [-0.2, 0) is 32.5 Å². The number of imidazole rings is 1. The normalized spacial score (nSPS) is 16.4. The Labute approximate surface area is 174 Å². The van der Waals surface area contributed by atoms with E-state index < -0.39 is 9.84 Å². The first-order valence-corrected chi connectivity index (χ1v) is 11.4. The lowest BCUT2D eigenvalue weighted by Gasteiger charge is -2.26. The molecule has 1 N–H and O–H groups in total. The molecule has 1 aliphatic heterocycles. The topological polar surface area (TPSA) is 99.5 Å². The number of carbonyl (C=O) groups is 1. The molecule has 158 valence electrons. The Hall–Kier alpha value is -2.75. The minimum absolute atomic E-state index is 0.0537. The van der Waals surface area contributed by atoms with Gasteiger partial charge in [0.2, 0.25) is 0 Å². The van der Waals surface area contributed by atoms with Gasteiger partial charge in [0.1, 0.15) is 12.4 Å². The highest BCUT2D eigenvalue weighted by molar-refractivity contribution is 7.90. The van der Waals surface area contributed by atoms with Crippen LogP contribution in [0, 0.1) is 0 Å². The second-order valence-electron chi connectivity index (χ2n) is 7.31.